The Morgan fingerprint density at radius 1 is 1.15 bits per heavy atom. The second-order valence-electron chi connectivity index (χ2n) is 6.55. The normalized spacial score (nSPS) is 28.8. The van der Waals surface area contributed by atoms with Gasteiger partial charge in [-0.2, -0.15) is 0 Å². The fourth-order valence-corrected chi connectivity index (χ4v) is 3.49. The Hall–Kier alpha value is -0.200. The van der Waals surface area contributed by atoms with Gasteiger partial charge in [0.25, 0.3) is 0 Å². The van der Waals surface area contributed by atoms with E-state index in [2.05, 4.69) is 4.90 Å². The fraction of sp³-hybridized carbons (Fsp3) is 1.00. The Bertz CT molecular complexity index is 289. The van der Waals surface area contributed by atoms with Crippen molar-refractivity contribution in [3.63, 3.8) is 0 Å². The highest BCUT2D eigenvalue weighted by Gasteiger charge is 2.39. The van der Waals surface area contributed by atoms with Crippen LogP contribution in [0.15, 0.2) is 0 Å². The maximum absolute atomic E-state index is 10.4. The first-order chi connectivity index (χ1) is 9.53. The summed E-state index contributed by atoms with van der Waals surface area (Å²) in [5.74, 6) is -0.0705. The minimum absolute atomic E-state index is 0.0705. The molecule has 1 saturated carbocycles. The van der Waals surface area contributed by atoms with Crippen molar-refractivity contribution in [2.45, 2.75) is 56.8 Å². The number of β-amino-alcohol motifs (C(OH)–C–C–N with tert-alkyl or cyclic N) is 1. The molecule has 0 aromatic heterocycles. The molecule has 2 aliphatic rings. The molecule has 5 nitrogen and oxygen atoms in total. The third-order valence-electron chi connectivity index (χ3n) is 5.15. The molecule has 4 N–H and O–H groups in total. The molecule has 1 aliphatic heterocycles. The van der Waals surface area contributed by atoms with Crippen molar-refractivity contribution in [2.24, 2.45) is 11.7 Å². The molecule has 1 heterocycles. The minimum atomic E-state index is -0.749. The van der Waals surface area contributed by atoms with Crippen molar-refractivity contribution in [3.05, 3.63) is 0 Å². The number of nitrogens with zero attached hydrogens (tertiary/aromatic N) is 1. The highest BCUT2D eigenvalue weighted by atomic mass is 16.5. The van der Waals surface area contributed by atoms with Crippen LogP contribution in [0.3, 0.4) is 0 Å². The summed E-state index contributed by atoms with van der Waals surface area (Å²) in [7, 11) is 0. The van der Waals surface area contributed by atoms with Crippen LogP contribution in [0.2, 0.25) is 0 Å². The van der Waals surface area contributed by atoms with Crippen molar-refractivity contribution in [1.29, 1.82) is 0 Å². The molecule has 0 bridgehead atoms. The summed E-state index contributed by atoms with van der Waals surface area (Å²) in [6.07, 6.45) is 3.93. The van der Waals surface area contributed by atoms with E-state index in [9.17, 15) is 10.2 Å². The lowest BCUT2D eigenvalue weighted by Crippen LogP contribution is -2.56. The van der Waals surface area contributed by atoms with Crippen LogP contribution in [0.5, 0.6) is 0 Å². The molecule has 118 valence electrons. The Morgan fingerprint density at radius 3 is 2.35 bits per heavy atom. The highest BCUT2D eigenvalue weighted by molar-refractivity contribution is 4.96. The minimum Gasteiger partial charge on any atom is -0.390 e. The van der Waals surface area contributed by atoms with Crippen molar-refractivity contribution >= 4 is 0 Å². The Balaban J connectivity index is 1.86. The van der Waals surface area contributed by atoms with Gasteiger partial charge < -0.3 is 20.7 Å². The van der Waals surface area contributed by atoms with E-state index in [1.165, 1.54) is 6.42 Å². The molecule has 5 heteroatoms. The average molecular weight is 286 g/mol. The van der Waals surface area contributed by atoms with Gasteiger partial charge in [0.05, 0.1) is 25.4 Å². The van der Waals surface area contributed by atoms with Crippen LogP contribution in [-0.2, 0) is 4.74 Å². The summed E-state index contributed by atoms with van der Waals surface area (Å²) in [6.45, 7) is 5.56. The standard InChI is InChI=1S/C15H30N2O3/c1-12(15(16)5-3-2-4-6-15)14(19)13(18)11-17-7-9-20-10-8-17/h12-14,18-19H,2-11,16H2,1H3/t12-,13+,14-/m1/s1. The van der Waals surface area contributed by atoms with E-state index in [4.69, 9.17) is 10.5 Å². The van der Waals surface area contributed by atoms with Gasteiger partial charge in [-0.1, -0.05) is 26.2 Å². The highest BCUT2D eigenvalue weighted by Crippen LogP contribution is 2.34. The first kappa shape index (κ1) is 16.2. The van der Waals surface area contributed by atoms with Crippen LogP contribution >= 0.6 is 0 Å². The third-order valence-corrected chi connectivity index (χ3v) is 5.15. The smallest absolute Gasteiger partial charge is 0.0928 e. The number of aliphatic hydroxyl groups excluding tert-OH is 2. The molecule has 0 amide bonds. The van der Waals surface area contributed by atoms with Crippen LogP contribution < -0.4 is 5.73 Å². The van der Waals surface area contributed by atoms with Crippen LogP contribution in [0.4, 0.5) is 0 Å². The molecular formula is C15H30N2O3. The summed E-state index contributed by atoms with van der Waals surface area (Å²) in [6, 6.07) is 0. The molecule has 0 aromatic rings. The molecule has 0 spiro atoms. The van der Waals surface area contributed by atoms with Crippen LogP contribution in [0, 0.1) is 5.92 Å². The van der Waals surface area contributed by atoms with E-state index in [-0.39, 0.29) is 11.5 Å². The summed E-state index contributed by atoms with van der Waals surface area (Å²) < 4.78 is 5.29. The summed E-state index contributed by atoms with van der Waals surface area (Å²) in [5.41, 5.74) is 6.15. The number of hydrogen-bond donors (Lipinski definition) is 3. The maximum Gasteiger partial charge on any atom is 0.0928 e. The Morgan fingerprint density at radius 2 is 1.75 bits per heavy atom. The number of ether oxygens (including phenoxy) is 1. The van der Waals surface area contributed by atoms with Crippen molar-refractivity contribution in [2.75, 3.05) is 32.8 Å². The third kappa shape index (κ3) is 3.92. The van der Waals surface area contributed by atoms with E-state index in [1.807, 2.05) is 6.92 Å². The largest absolute Gasteiger partial charge is 0.390 e. The number of morpholine rings is 1. The van der Waals surface area contributed by atoms with E-state index in [0.29, 0.717) is 19.8 Å². The molecule has 20 heavy (non-hydrogen) atoms. The zero-order valence-electron chi connectivity index (χ0n) is 12.6. The van der Waals surface area contributed by atoms with Gasteiger partial charge in [-0.25, -0.2) is 0 Å². The van der Waals surface area contributed by atoms with Crippen LogP contribution in [0.1, 0.15) is 39.0 Å². The lowest BCUT2D eigenvalue weighted by molar-refractivity contribution is -0.0637. The van der Waals surface area contributed by atoms with E-state index in [1.54, 1.807) is 0 Å². The zero-order valence-corrected chi connectivity index (χ0v) is 12.6. The quantitative estimate of drug-likeness (QED) is 0.679. The zero-order chi connectivity index (χ0) is 14.6. The molecule has 0 unspecified atom stereocenters. The monoisotopic (exact) mass is 286 g/mol. The number of aliphatic hydroxyl groups is 2. The SMILES string of the molecule is C[C@H]([C@@H](O)[C@@H](O)CN1CCOCC1)C1(N)CCCCC1. The number of hydrogen-bond acceptors (Lipinski definition) is 5. The van der Waals surface area contributed by atoms with E-state index in [0.717, 1.165) is 38.8 Å². The van der Waals surface area contributed by atoms with Crippen molar-refractivity contribution in [3.8, 4) is 0 Å². The molecule has 0 radical (unpaired) electrons. The lowest BCUT2D eigenvalue weighted by Gasteiger charge is -2.42. The van der Waals surface area contributed by atoms with E-state index >= 15 is 0 Å². The van der Waals surface area contributed by atoms with Crippen LogP contribution in [-0.4, -0.2) is 65.7 Å². The topological polar surface area (TPSA) is 79.0 Å². The molecule has 3 atom stereocenters. The molecule has 2 rings (SSSR count). The predicted molar refractivity (Wildman–Crippen MR) is 78.4 cm³/mol. The van der Waals surface area contributed by atoms with Crippen molar-refractivity contribution in [1.82, 2.24) is 4.90 Å². The van der Waals surface area contributed by atoms with Crippen LogP contribution in [0.25, 0.3) is 0 Å². The second kappa shape index (κ2) is 7.18. The van der Waals surface area contributed by atoms with Gasteiger partial charge in [0.1, 0.15) is 0 Å². The second-order valence-corrected chi connectivity index (χ2v) is 6.55. The first-order valence-corrected chi connectivity index (χ1v) is 7.98. The fourth-order valence-electron chi connectivity index (χ4n) is 3.49. The Kier molecular flexibility index (Phi) is 5.81. The van der Waals surface area contributed by atoms with Gasteiger partial charge in [0.2, 0.25) is 0 Å². The maximum atomic E-state index is 10.4. The van der Waals surface area contributed by atoms with Crippen molar-refractivity contribution < 1.29 is 14.9 Å². The number of nitrogens with two attached hydrogens (primary N) is 1. The van der Waals surface area contributed by atoms with Gasteiger partial charge in [0.15, 0.2) is 0 Å². The van der Waals surface area contributed by atoms with Gasteiger partial charge >= 0.3 is 0 Å². The van der Waals surface area contributed by atoms with Gasteiger partial charge in [-0.3, -0.25) is 4.90 Å². The van der Waals surface area contributed by atoms with Gasteiger partial charge in [-0.05, 0) is 12.8 Å². The summed E-state index contributed by atoms with van der Waals surface area (Å²) in [4.78, 5) is 2.15. The number of rotatable bonds is 5. The first-order valence-electron chi connectivity index (χ1n) is 7.98. The molecular weight excluding hydrogens is 256 g/mol. The lowest BCUT2D eigenvalue weighted by atomic mass is 9.71. The van der Waals surface area contributed by atoms with Gasteiger partial charge in [0, 0.05) is 31.1 Å². The Labute approximate surface area is 122 Å². The summed E-state index contributed by atoms with van der Waals surface area (Å²) >= 11 is 0. The van der Waals surface area contributed by atoms with Gasteiger partial charge in [-0.15, -0.1) is 0 Å². The van der Waals surface area contributed by atoms with E-state index < -0.39 is 12.2 Å². The molecule has 2 fully saturated rings. The molecule has 0 aromatic carbocycles. The predicted octanol–water partition coefficient (Wildman–Crippen LogP) is 0.338. The molecule has 1 saturated heterocycles. The molecule has 1 aliphatic carbocycles. The average Bonchev–Trinajstić information content (AvgIpc) is 2.47. The summed E-state index contributed by atoms with van der Waals surface area (Å²) in [5, 5.41) is 20.7.